The predicted molar refractivity (Wildman–Crippen MR) is 84.2 cm³/mol. The highest BCUT2D eigenvalue weighted by molar-refractivity contribution is 8.00. The first-order valence-corrected chi connectivity index (χ1v) is 8.12. The molecule has 3 nitrogen and oxygen atoms in total. The monoisotopic (exact) mass is 290 g/mol. The van der Waals surface area contributed by atoms with E-state index in [-0.39, 0.29) is 0 Å². The zero-order valence-corrected chi connectivity index (χ0v) is 13.0. The van der Waals surface area contributed by atoms with Crippen molar-refractivity contribution in [1.82, 2.24) is 4.90 Å². The maximum atomic E-state index is 8.73. The molecule has 2 atom stereocenters. The highest BCUT2D eigenvalue weighted by Gasteiger charge is 2.21. The molecule has 1 heterocycles. The zero-order valence-electron chi connectivity index (χ0n) is 12.2. The zero-order chi connectivity index (χ0) is 14.4. The second-order valence-corrected chi connectivity index (χ2v) is 7.24. The molecule has 1 aliphatic rings. The van der Waals surface area contributed by atoms with Gasteiger partial charge in [-0.25, -0.2) is 0 Å². The van der Waals surface area contributed by atoms with Crippen LogP contribution in [0.4, 0.5) is 0 Å². The maximum absolute atomic E-state index is 8.73. The van der Waals surface area contributed by atoms with Gasteiger partial charge in [-0.05, 0) is 30.7 Å². The third kappa shape index (κ3) is 4.73. The molecule has 2 unspecified atom stereocenters. The Bertz CT molecular complexity index is 445. The van der Waals surface area contributed by atoms with Gasteiger partial charge in [-0.2, -0.15) is 17.0 Å². The number of nitrogens with zero attached hydrogens (tertiary/aromatic N) is 2. The van der Waals surface area contributed by atoms with Gasteiger partial charge in [0.25, 0.3) is 0 Å². The maximum Gasteiger partial charge on any atom is 0.119 e. The van der Waals surface area contributed by atoms with E-state index in [1.807, 2.05) is 12.1 Å². The number of thioether (sulfide) groups is 1. The summed E-state index contributed by atoms with van der Waals surface area (Å²) in [6, 6.07) is 9.42. The van der Waals surface area contributed by atoms with Crippen LogP contribution in [0.2, 0.25) is 0 Å². The summed E-state index contributed by atoms with van der Waals surface area (Å²) in [7, 11) is 0. The quantitative estimate of drug-likeness (QED) is 0.781. The van der Waals surface area contributed by atoms with E-state index in [0.29, 0.717) is 5.56 Å². The van der Waals surface area contributed by atoms with Gasteiger partial charge in [-0.1, -0.05) is 13.8 Å². The van der Waals surface area contributed by atoms with Crippen LogP contribution >= 0.6 is 11.8 Å². The van der Waals surface area contributed by atoms with E-state index in [4.69, 9.17) is 10.00 Å². The van der Waals surface area contributed by atoms with E-state index in [9.17, 15) is 0 Å². The summed E-state index contributed by atoms with van der Waals surface area (Å²) in [6.07, 6.45) is 1.05. The molecule has 1 aliphatic heterocycles. The number of hydrogen-bond acceptors (Lipinski definition) is 4. The van der Waals surface area contributed by atoms with Gasteiger partial charge in [0.15, 0.2) is 0 Å². The van der Waals surface area contributed by atoms with Gasteiger partial charge in [0.05, 0.1) is 18.2 Å². The smallest absolute Gasteiger partial charge is 0.119 e. The summed E-state index contributed by atoms with van der Waals surface area (Å²) in [5.41, 5.74) is 0.672. The van der Waals surface area contributed by atoms with E-state index in [1.165, 1.54) is 13.1 Å². The van der Waals surface area contributed by atoms with Gasteiger partial charge >= 0.3 is 0 Å². The lowest BCUT2D eigenvalue weighted by atomic mass is 10.2. The molecular weight excluding hydrogens is 268 g/mol. The Morgan fingerprint density at radius 1 is 1.25 bits per heavy atom. The molecule has 1 aromatic carbocycles. The number of nitriles is 1. The largest absolute Gasteiger partial charge is 0.494 e. The summed E-state index contributed by atoms with van der Waals surface area (Å²) < 4.78 is 5.71. The van der Waals surface area contributed by atoms with Crippen LogP contribution in [0.5, 0.6) is 5.75 Å². The van der Waals surface area contributed by atoms with Crippen LogP contribution < -0.4 is 4.74 Å². The summed E-state index contributed by atoms with van der Waals surface area (Å²) in [5.74, 6) is 0.847. The highest BCUT2D eigenvalue weighted by atomic mass is 32.2. The summed E-state index contributed by atoms with van der Waals surface area (Å²) in [6.45, 7) is 8.82. The molecule has 0 saturated carbocycles. The molecule has 1 saturated heterocycles. The van der Waals surface area contributed by atoms with Crippen LogP contribution in [0.25, 0.3) is 0 Å². The SMILES string of the molecule is CC1CN(CCCOc2ccc(C#N)cc2)CC(C)S1. The molecule has 0 spiro atoms. The Labute approximate surface area is 125 Å². The molecule has 108 valence electrons. The molecule has 0 aliphatic carbocycles. The Morgan fingerprint density at radius 3 is 2.50 bits per heavy atom. The van der Waals surface area contributed by atoms with Crippen LogP contribution in [-0.2, 0) is 0 Å². The topological polar surface area (TPSA) is 36.3 Å². The van der Waals surface area contributed by atoms with E-state index >= 15 is 0 Å². The fraction of sp³-hybridized carbons (Fsp3) is 0.562. The normalized spacial score (nSPS) is 23.2. The van der Waals surface area contributed by atoms with Gasteiger partial charge in [0.1, 0.15) is 5.75 Å². The van der Waals surface area contributed by atoms with Gasteiger partial charge in [-0.3, -0.25) is 0 Å². The minimum atomic E-state index is 0.672. The highest BCUT2D eigenvalue weighted by Crippen LogP contribution is 2.24. The number of ether oxygens (including phenoxy) is 1. The minimum absolute atomic E-state index is 0.672. The molecule has 0 aromatic heterocycles. The first kappa shape index (κ1) is 15.2. The van der Waals surface area contributed by atoms with Gasteiger partial charge in [0.2, 0.25) is 0 Å². The van der Waals surface area contributed by atoms with Crippen molar-refractivity contribution in [3.8, 4) is 11.8 Å². The molecule has 1 aromatic rings. The summed E-state index contributed by atoms with van der Waals surface area (Å²) in [5, 5.41) is 10.2. The minimum Gasteiger partial charge on any atom is -0.494 e. The molecular formula is C16H22N2OS. The lowest BCUT2D eigenvalue weighted by molar-refractivity contribution is 0.232. The average Bonchev–Trinajstić information content (AvgIpc) is 2.43. The standard InChI is InChI=1S/C16H22N2OS/c1-13-11-18(12-14(2)20-13)8-3-9-19-16-6-4-15(10-17)5-7-16/h4-7,13-14H,3,8-9,11-12H2,1-2H3. The van der Waals surface area contributed by atoms with Crippen molar-refractivity contribution < 1.29 is 4.74 Å². The van der Waals surface area contributed by atoms with Crippen molar-refractivity contribution in [2.75, 3.05) is 26.2 Å². The Kier molecular flexibility index (Phi) is 5.75. The Hall–Kier alpha value is -1.18. The first-order chi connectivity index (χ1) is 9.67. The second-order valence-electron chi connectivity index (χ2n) is 5.36. The average molecular weight is 290 g/mol. The van der Waals surface area contributed by atoms with E-state index in [1.54, 1.807) is 12.1 Å². The predicted octanol–water partition coefficient (Wildman–Crippen LogP) is 3.15. The van der Waals surface area contributed by atoms with E-state index in [0.717, 1.165) is 35.8 Å². The van der Waals surface area contributed by atoms with Crippen molar-refractivity contribution in [2.24, 2.45) is 0 Å². The Morgan fingerprint density at radius 2 is 1.90 bits per heavy atom. The molecule has 0 N–H and O–H groups in total. The Balaban J connectivity index is 1.67. The molecule has 1 fully saturated rings. The third-order valence-electron chi connectivity index (χ3n) is 3.37. The molecule has 0 bridgehead atoms. The molecule has 0 amide bonds. The molecule has 2 rings (SSSR count). The van der Waals surface area contributed by atoms with E-state index in [2.05, 4.69) is 36.6 Å². The lowest BCUT2D eigenvalue weighted by Crippen LogP contribution is -2.41. The third-order valence-corrected chi connectivity index (χ3v) is 4.59. The van der Waals surface area contributed by atoms with Crippen LogP contribution in [0.3, 0.4) is 0 Å². The molecule has 4 heteroatoms. The summed E-state index contributed by atoms with van der Waals surface area (Å²) >= 11 is 2.09. The fourth-order valence-corrected chi connectivity index (χ4v) is 3.96. The van der Waals surface area contributed by atoms with Crippen molar-refractivity contribution in [3.63, 3.8) is 0 Å². The van der Waals surface area contributed by atoms with Crippen LogP contribution in [0, 0.1) is 11.3 Å². The van der Waals surface area contributed by atoms with Crippen molar-refractivity contribution in [2.45, 2.75) is 30.8 Å². The van der Waals surface area contributed by atoms with Crippen LogP contribution in [0.15, 0.2) is 24.3 Å². The van der Waals surface area contributed by atoms with Gasteiger partial charge < -0.3 is 9.64 Å². The number of rotatable bonds is 5. The van der Waals surface area contributed by atoms with Gasteiger partial charge in [0, 0.05) is 30.1 Å². The molecule has 0 radical (unpaired) electrons. The van der Waals surface area contributed by atoms with Crippen molar-refractivity contribution in [3.05, 3.63) is 29.8 Å². The lowest BCUT2D eigenvalue weighted by Gasteiger charge is -2.34. The van der Waals surface area contributed by atoms with Gasteiger partial charge in [-0.15, -0.1) is 0 Å². The number of hydrogen-bond donors (Lipinski definition) is 0. The van der Waals surface area contributed by atoms with Crippen LogP contribution in [0.1, 0.15) is 25.8 Å². The molecule has 20 heavy (non-hydrogen) atoms. The first-order valence-electron chi connectivity index (χ1n) is 7.18. The van der Waals surface area contributed by atoms with Crippen LogP contribution in [-0.4, -0.2) is 41.6 Å². The number of benzene rings is 1. The van der Waals surface area contributed by atoms with Crippen molar-refractivity contribution >= 4 is 11.8 Å². The fourth-order valence-electron chi connectivity index (χ4n) is 2.57. The van der Waals surface area contributed by atoms with E-state index < -0.39 is 0 Å². The second kappa shape index (κ2) is 7.56. The van der Waals surface area contributed by atoms with Crippen molar-refractivity contribution in [1.29, 1.82) is 5.26 Å². The summed E-state index contributed by atoms with van der Waals surface area (Å²) in [4.78, 5) is 2.54.